The van der Waals surface area contributed by atoms with Crippen LogP contribution in [0.3, 0.4) is 0 Å². The van der Waals surface area contributed by atoms with E-state index < -0.39 is 18.1 Å². The van der Waals surface area contributed by atoms with Crippen LogP contribution < -0.4 is 10.6 Å². The Morgan fingerprint density at radius 3 is 2.61 bits per heavy atom. The first kappa shape index (κ1) is 23.7. The van der Waals surface area contributed by atoms with E-state index in [-0.39, 0.29) is 32.0 Å². The molecule has 176 valence electrons. The summed E-state index contributed by atoms with van der Waals surface area (Å²) in [4.78, 5) is 17.4. The predicted octanol–water partition coefficient (Wildman–Crippen LogP) is 4.08. The molecule has 33 heavy (non-hydrogen) atoms. The van der Waals surface area contributed by atoms with E-state index in [2.05, 4.69) is 46.5 Å². The van der Waals surface area contributed by atoms with E-state index in [1.165, 1.54) is 7.11 Å². The molecule has 0 spiro atoms. The molecule has 0 atom stereocenters. The number of nitrogens with one attached hydrogen (secondary N) is 2. The minimum Gasteiger partial charge on any atom is -0.381 e. The van der Waals surface area contributed by atoms with Gasteiger partial charge in [-0.3, -0.25) is 0 Å². The Labute approximate surface area is 198 Å². The van der Waals surface area contributed by atoms with Crippen LogP contribution in [-0.2, 0) is 15.9 Å². The summed E-state index contributed by atoms with van der Waals surface area (Å²) in [6, 6.07) is 7.35. The monoisotopic (exact) mass is 522 g/mol. The summed E-state index contributed by atoms with van der Waals surface area (Å²) in [6.45, 7) is 0.337. The Morgan fingerprint density at radius 1 is 1.12 bits per heavy atom. The number of rotatable bonds is 9. The van der Waals surface area contributed by atoms with Gasteiger partial charge in [-0.25, -0.2) is 23.7 Å². The minimum atomic E-state index is -3.14. The van der Waals surface area contributed by atoms with Gasteiger partial charge in [-0.15, -0.1) is 0 Å². The normalized spacial score (nSPS) is 16.0. The van der Waals surface area contributed by atoms with Crippen molar-refractivity contribution in [3.63, 3.8) is 0 Å². The lowest BCUT2D eigenvalue weighted by Crippen LogP contribution is -2.56. The maximum atomic E-state index is 15.2. The lowest BCUT2D eigenvalue weighted by molar-refractivity contribution is -0.220. The molecule has 8 nitrogen and oxygen atoms in total. The van der Waals surface area contributed by atoms with Gasteiger partial charge in [0.25, 0.3) is 5.92 Å². The lowest BCUT2D eigenvalue weighted by atomic mass is 9.87. The Morgan fingerprint density at radius 2 is 1.88 bits per heavy atom. The number of hydrogen-bond acceptors (Lipinski definition) is 8. The molecule has 11 heteroatoms. The summed E-state index contributed by atoms with van der Waals surface area (Å²) >= 11 is 3.50. The van der Waals surface area contributed by atoms with Gasteiger partial charge in [-0.1, -0.05) is 6.07 Å². The number of ether oxygens (including phenoxy) is 2. The second-order valence-electron chi connectivity index (χ2n) is 7.74. The van der Waals surface area contributed by atoms with Crippen LogP contribution >= 0.6 is 15.9 Å². The van der Waals surface area contributed by atoms with Crippen LogP contribution in [0.4, 0.5) is 20.5 Å². The van der Waals surface area contributed by atoms with Gasteiger partial charge in [0.15, 0.2) is 0 Å². The summed E-state index contributed by atoms with van der Waals surface area (Å²) in [5, 5.41) is 6.76. The summed E-state index contributed by atoms with van der Waals surface area (Å²) in [7, 11) is 1.32. The zero-order chi connectivity index (χ0) is 23.3. The number of halogens is 3. The Bertz CT molecular complexity index is 1080. The third-order valence-corrected chi connectivity index (χ3v) is 6.40. The van der Waals surface area contributed by atoms with Crippen molar-refractivity contribution in [2.24, 2.45) is 0 Å². The standard InChI is InChI=1S/C22H25BrF2N6O2/c1-32-21(7-12-33-13-8-21)22(24,25)14-29-20-30-18-15(4-2-5-16(18)23)19(31-20)28-11-6-17-26-9-3-10-27-17/h2-5,9-10H,6-8,11-14H2,1H3,(H2,28,29,30,31). The molecule has 0 radical (unpaired) electrons. The number of methoxy groups -OCH3 is 1. The minimum absolute atomic E-state index is 0.103. The van der Waals surface area contributed by atoms with E-state index >= 15 is 8.78 Å². The Hall–Kier alpha value is -2.50. The average molecular weight is 523 g/mol. The van der Waals surface area contributed by atoms with E-state index in [0.29, 0.717) is 30.1 Å². The predicted molar refractivity (Wildman–Crippen MR) is 125 cm³/mol. The van der Waals surface area contributed by atoms with Crippen molar-refractivity contribution in [1.82, 2.24) is 19.9 Å². The number of fused-ring (bicyclic) bond motifs is 1. The maximum Gasteiger partial charge on any atom is 0.293 e. The quantitative estimate of drug-likeness (QED) is 0.434. The summed E-state index contributed by atoms with van der Waals surface area (Å²) < 4.78 is 41.7. The molecule has 3 heterocycles. The number of nitrogens with zero attached hydrogens (tertiary/aromatic N) is 4. The van der Waals surface area contributed by atoms with Crippen LogP contribution in [0.2, 0.25) is 0 Å². The van der Waals surface area contributed by atoms with Gasteiger partial charge in [-0.2, -0.15) is 4.98 Å². The van der Waals surface area contributed by atoms with Crippen LogP contribution in [0, 0.1) is 0 Å². The van der Waals surface area contributed by atoms with E-state index in [1.54, 1.807) is 18.5 Å². The molecule has 0 unspecified atom stereocenters. The van der Waals surface area contributed by atoms with Crippen molar-refractivity contribution in [2.45, 2.75) is 30.8 Å². The summed E-state index contributed by atoms with van der Waals surface area (Å²) in [5.74, 6) is -1.80. The first-order valence-electron chi connectivity index (χ1n) is 10.6. The molecule has 3 aromatic rings. The van der Waals surface area contributed by atoms with Crippen molar-refractivity contribution in [3.05, 3.63) is 47.0 Å². The van der Waals surface area contributed by atoms with Crippen LogP contribution in [-0.4, -0.2) is 64.9 Å². The average Bonchev–Trinajstić information content (AvgIpc) is 2.84. The third kappa shape index (κ3) is 5.20. The number of aromatic nitrogens is 4. The molecule has 1 aliphatic heterocycles. The molecule has 0 aliphatic carbocycles. The van der Waals surface area contributed by atoms with Crippen LogP contribution in [0.5, 0.6) is 0 Å². The summed E-state index contributed by atoms with van der Waals surface area (Å²) in [6.07, 6.45) is 4.20. The van der Waals surface area contributed by atoms with Crippen molar-refractivity contribution in [3.8, 4) is 0 Å². The second-order valence-corrected chi connectivity index (χ2v) is 8.60. The lowest BCUT2D eigenvalue weighted by Gasteiger charge is -2.41. The number of para-hydroxylation sites is 1. The molecule has 0 amide bonds. The molecule has 2 aromatic heterocycles. The Kier molecular flexibility index (Phi) is 7.30. The highest BCUT2D eigenvalue weighted by Gasteiger charge is 2.54. The van der Waals surface area contributed by atoms with Crippen LogP contribution in [0.1, 0.15) is 18.7 Å². The second kappa shape index (κ2) is 10.2. The van der Waals surface area contributed by atoms with E-state index in [1.807, 2.05) is 18.2 Å². The number of anilines is 2. The van der Waals surface area contributed by atoms with E-state index in [4.69, 9.17) is 9.47 Å². The van der Waals surface area contributed by atoms with Gasteiger partial charge < -0.3 is 20.1 Å². The molecule has 2 N–H and O–H groups in total. The highest BCUT2D eigenvalue weighted by molar-refractivity contribution is 9.10. The van der Waals surface area contributed by atoms with Gasteiger partial charge in [0.1, 0.15) is 17.2 Å². The molecule has 0 saturated carbocycles. The van der Waals surface area contributed by atoms with Crippen LogP contribution in [0.15, 0.2) is 41.1 Å². The first-order valence-corrected chi connectivity index (χ1v) is 11.4. The van der Waals surface area contributed by atoms with Gasteiger partial charge >= 0.3 is 0 Å². The smallest absolute Gasteiger partial charge is 0.293 e. The maximum absolute atomic E-state index is 15.2. The summed E-state index contributed by atoms with van der Waals surface area (Å²) in [5.41, 5.74) is -0.962. The molecular formula is C22H25BrF2N6O2. The van der Waals surface area contributed by atoms with Gasteiger partial charge in [0.05, 0.1) is 12.1 Å². The van der Waals surface area contributed by atoms with Crippen molar-refractivity contribution >= 4 is 38.6 Å². The third-order valence-electron chi connectivity index (χ3n) is 5.76. The number of hydrogen-bond donors (Lipinski definition) is 2. The van der Waals surface area contributed by atoms with Gasteiger partial charge in [0.2, 0.25) is 5.95 Å². The number of benzene rings is 1. The van der Waals surface area contributed by atoms with Crippen molar-refractivity contribution < 1.29 is 18.3 Å². The molecule has 4 rings (SSSR count). The fourth-order valence-electron chi connectivity index (χ4n) is 3.85. The fraction of sp³-hybridized carbons (Fsp3) is 0.455. The highest BCUT2D eigenvalue weighted by atomic mass is 79.9. The van der Waals surface area contributed by atoms with Crippen molar-refractivity contribution in [2.75, 3.05) is 44.0 Å². The topological polar surface area (TPSA) is 94.1 Å². The molecule has 1 aliphatic rings. The largest absolute Gasteiger partial charge is 0.381 e. The van der Waals surface area contributed by atoms with E-state index in [9.17, 15) is 0 Å². The van der Waals surface area contributed by atoms with E-state index in [0.717, 1.165) is 9.86 Å². The van der Waals surface area contributed by atoms with Gasteiger partial charge in [0, 0.05) is 68.4 Å². The Balaban J connectivity index is 1.54. The van der Waals surface area contributed by atoms with Crippen LogP contribution in [0.25, 0.3) is 10.9 Å². The molecule has 0 bridgehead atoms. The SMILES string of the molecule is COC1(C(F)(F)CNc2nc(NCCc3ncccn3)c3cccc(Br)c3n2)CCOCC1. The number of alkyl halides is 2. The zero-order valence-corrected chi connectivity index (χ0v) is 19.7. The van der Waals surface area contributed by atoms with Gasteiger partial charge in [-0.05, 0) is 34.1 Å². The molecule has 1 aromatic carbocycles. The molecule has 1 fully saturated rings. The molecule has 1 saturated heterocycles. The fourth-order valence-corrected chi connectivity index (χ4v) is 4.31. The molecular weight excluding hydrogens is 498 g/mol. The first-order chi connectivity index (χ1) is 15.9. The zero-order valence-electron chi connectivity index (χ0n) is 18.2. The highest BCUT2D eigenvalue weighted by Crippen LogP contribution is 2.40. The van der Waals surface area contributed by atoms with Crippen molar-refractivity contribution in [1.29, 1.82) is 0 Å².